The van der Waals surface area contributed by atoms with Gasteiger partial charge in [-0.1, -0.05) is 36.4 Å². The largest absolute Gasteiger partial charge is 0.343 e. The monoisotopic (exact) mass is 354 g/mol. The van der Waals surface area contributed by atoms with Gasteiger partial charge in [0.1, 0.15) is 6.10 Å². The second kappa shape index (κ2) is 5.55. The summed E-state index contributed by atoms with van der Waals surface area (Å²) in [5.41, 5.74) is 0.859. The van der Waals surface area contributed by atoms with Crippen LogP contribution in [0.15, 0.2) is 42.5 Å². The van der Waals surface area contributed by atoms with E-state index in [1.54, 1.807) is 9.36 Å². The lowest BCUT2D eigenvalue weighted by atomic mass is 10.0. The summed E-state index contributed by atoms with van der Waals surface area (Å²) in [7, 11) is 0. The number of carbonyl (C=O) groups excluding carboxylic acids is 1. The highest BCUT2D eigenvalue weighted by Crippen LogP contribution is 2.33. The molecule has 2 aromatic carbocycles. The third-order valence-electron chi connectivity index (χ3n) is 4.72. The molecule has 5 rings (SSSR count). The average molecular weight is 354 g/mol. The van der Waals surface area contributed by atoms with E-state index >= 15 is 0 Å². The summed E-state index contributed by atoms with van der Waals surface area (Å²) in [6.07, 6.45) is -0.673. The summed E-state index contributed by atoms with van der Waals surface area (Å²) in [5, 5.41) is 10.6. The Morgan fingerprint density at radius 3 is 2.88 bits per heavy atom. The average Bonchev–Trinajstić information content (AvgIpc) is 3.23. The molecule has 2 fully saturated rings. The molecule has 126 valence electrons. The molecule has 2 aliphatic rings. The summed E-state index contributed by atoms with van der Waals surface area (Å²) in [5.74, 6) is -0.0830. The lowest BCUT2D eigenvalue weighted by Crippen LogP contribution is -2.37. The summed E-state index contributed by atoms with van der Waals surface area (Å²) >= 11 is 5.60. The first kappa shape index (κ1) is 14.9. The van der Waals surface area contributed by atoms with Crippen molar-refractivity contribution in [3.05, 3.63) is 47.2 Å². The van der Waals surface area contributed by atoms with Crippen LogP contribution < -0.4 is 0 Å². The predicted molar refractivity (Wildman–Crippen MR) is 91.0 cm³/mol. The number of nitrogens with zero attached hydrogens (tertiary/aromatic N) is 4. The van der Waals surface area contributed by atoms with Crippen LogP contribution in [0.25, 0.3) is 16.5 Å². The number of hydrogen-bond donors (Lipinski definition) is 0. The number of ether oxygens (including phenoxy) is 2. The summed E-state index contributed by atoms with van der Waals surface area (Å²) in [6.45, 7) is 0.365. The molecule has 3 heterocycles. The first-order chi connectivity index (χ1) is 12.2. The maximum atomic E-state index is 12.0. The molecule has 8 heteroatoms. The minimum atomic E-state index is -0.733. The lowest BCUT2D eigenvalue weighted by molar-refractivity contribution is -0.156. The highest BCUT2D eigenvalue weighted by Gasteiger charge is 2.45. The van der Waals surface area contributed by atoms with Gasteiger partial charge in [0, 0.05) is 11.8 Å². The topological polar surface area (TPSA) is 71.2 Å². The second-order valence-corrected chi connectivity index (χ2v) is 6.56. The molecule has 0 amide bonds. The quantitative estimate of drug-likeness (QED) is 0.657. The van der Waals surface area contributed by atoms with E-state index < -0.39 is 6.29 Å². The maximum absolute atomic E-state index is 12.0. The van der Waals surface area contributed by atoms with Crippen molar-refractivity contribution in [2.45, 2.75) is 24.9 Å². The van der Waals surface area contributed by atoms with Crippen molar-refractivity contribution in [3.63, 3.8) is 0 Å². The van der Waals surface area contributed by atoms with Crippen molar-refractivity contribution in [2.75, 3.05) is 6.61 Å². The Labute approximate surface area is 147 Å². The van der Waals surface area contributed by atoms with E-state index in [4.69, 9.17) is 21.7 Å². The summed E-state index contributed by atoms with van der Waals surface area (Å²) in [6, 6.07) is 13.7. The van der Waals surface area contributed by atoms with Gasteiger partial charge in [0.05, 0.1) is 18.3 Å². The van der Waals surface area contributed by atoms with Crippen molar-refractivity contribution >= 4 is 28.8 Å². The first-order valence-corrected chi connectivity index (χ1v) is 8.45. The molecular formula is C17H14N4O3S. The summed E-state index contributed by atoms with van der Waals surface area (Å²) in [4.78, 5) is 12.0. The molecule has 1 aromatic heterocycles. The van der Waals surface area contributed by atoms with Crippen LogP contribution in [0.1, 0.15) is 12.5 Å². The lowest BCUT2D eigenvalue weighted by Gasteiger charge is -2.25. The minimum Gasteiger partial charge on any atom is -0.343 e. The molecule has 25 heavy (non-hydrogen) atoms. The normalized spacial score (nSPS) is 25.6. The van der Waals surface area contributed by atoms with Crippen LogP contribution in [-0.2, 0) is 14.3 Å². The van der Waals surface area contributed by atoms with Crippen molar-refractivity contribution in [1.82, 2.24) is 19.8 Å². The summed E-state index contributed by atoms with van der Waals surface area (Å²) < 4.78 is 14.6. The zero-order valence-corrected chi connectivity index (χ0v) is 13.9. The molecule has 0 aliphatic carbocycles. The fraction of sp³-hybridized carbons (Fsp3) is 0.294. The molecule has 3 atom stereocenters. The van der Waals surface area contributed by atoms with Crippen LogP contribution >= 0.6 is 12.2 Å². The number of Topliss-reactive ketones (excluding diaryl/α,β-unsaturated/α-hetero) is 1. The van der Waals surface area contributed by atoms with Gasteiger partial charge >= 0.3 is 0 Å². The highest BCUT2D eigenvalue weighted by molar-refractivity contribution is 7.71. The SMILES string of the molecule is O=C1CC(n2nnn(-c3cccc4ccccc34)c2=S)C2COC1O2. The van der Waals surface area contributed by atoms with E-state index in [1.807, 2.05) is 42.5 Å². The van der Waals surface area contributed by atoms with E-state index in [0.717, 1.165) is 16.5 Å². The van der Waals surface area contributed by atoms with Crippen LogP contribution in [0.2, 0.25) is 0 Å². The Morgan fingerprint density at radius 2 is 1.96 bits per heavy atom. The van der Waals surface area contributed by atoms with Gasteiger partial charge in [0.25, 0.3) is 0 Å². The molecule has 0 radical (unpaired) electrons. The molecular weight excluding hydrogens is 340 g/mol. The van der Waals surface area contributed by atoms with Crippen molar-refractivity contribution in [1.29, 1.82) is 0 Å². The molecule has 3 aromatic rings. The van der Waals surface area contributed by atoms with E-state index in [0.29, 0.717) is 11.4 Å². The Balaban J connectivity index is 1.61. The zero-order valence-electron chi connectivity index (χ0n) is 13.1. The van der Waals surface area contributed by atoms with Crippen LogP contribution in [0, 0.1) is 4.77 Å². The van der Waals surface area contributed by atoms with Gasteiger partial charge in [-0.25, -0.2) is 4.68 Å². The zero-order chi connectivity index (χ0) is 17.0. The van der Waals surface area contributed by atoms with Gasteiger partial charge in [-0.3, -0.25) is 4.79 Å². The van der Waals surface area contributed by atoms with Gasteiger partial charge in [-0.05, 0) is 34.1 Å². The number of benzene rings is 2. The first-order valence-electron chi connectivity index (χ1n) is 8.05. The van der Waals surface area contributed by atoms with E-state index in [2.05, 4.69) is 10.4 Å². The Bertz CT molecular complexity index is 1040. The fourth-order valence-electron chi connectivity index (χ4n) is 3.48. The number of carbonyl (C=O) groups is 1. The molecule has 2 aliphatic heterocycles. The van der Waals surface area contributed by atoms with Crippen molar-refractivity contribution < 1.29 is 14.3 Å². The molecule has 7 nitrogen and oxygen atoms in total. The number of rotatable bonds is 2. The van der Waals surface area contributed by atoms with Crippen LogP contribution in [-0.4, -0.2) is 44.6 Å². The maximum Gasteiger partial charge on any atom is 0.221 e. The Kier molecular flexibility index (Phi) is 3.30. The number of aromatic nitrogens is 4. The van der Waals surface area contributed by atoms with Crippen molar-refractivity contribution in [2.24, 2.45) is 0 Å². The minimum absolute atomic E-state index is 0.0830. The van der Waals surface area contributed by atoms with Crippen LogP contribution in [0.4, 0.5) is 0 Å². The highest BCUT2D eigenvalue weighted by atomic mass is 32.1. The predicted octanol–water partition coefficient (Wildman–Crippen LogP) is 2.21. The molecule has 2 saturated heterocycles. The van der Waals surface area contributed by atoms with Gasteiger partial charge in [-0.15, -0.1) is 0 Å². The Hall–Kier alpha value is -2.42. The van der Waals surface area contributed by atoms with E-state index in [-0.39, 0.29) is 24.3 Å². The molecule has 0 N–H and O–H groups in total. The molecule has 3 unspecified atom stereocenters. The standard InChI is InChI=1S/C17H14N4O3S/c22-14-8-13(15-9-23-16(14)24-15)21-17(25)20(18-19-21)12-7-3-5-10-4-1-2-6-11(10)12/h1-7,13,15-16H,8-9H2. The Morgan fingerprint density at radius 1 is 1.12 bits per heavy atom. The van der Waals surface area contributed by atoms with E-state index in [1.165, 1.54) is 0 Å². The number of hydrogen-bond acceptors (Lipinski definition) is 6. The van der Waals surface area contributed by atoms with E-state index in [9.17, 15) is 4.79 Å². The smallest absolute Gasteiger partial charge is 0.221 e. The fourth-order valence-corrected chi connectivity index (χ4v) is 3.78. The van der Waals surface area contributed by atoms with Gasteiger partial charge < -0.3 is 9.47 Å². The van der Waals surface area contributed by atoms with Gasteiger partial charge in [0.2, 0.25) is 11.1 Å². The van der Waals surface area contributed by atoms with Crippen molar-refractivity contribution in [3.8, 4) is 5.69 Å². The van der Waals surface area contributed by atoms with Crippen LogP contribution in [0.5, 0.6) is 0 Å². The molecule has 2 bridgehead atoms. The van der Waals surface area contributed by atoms with Gasteiger partial charge in [-0.2, -0.15) is 4.68 Å². The number of tetrazole rings is 1. The number of ketones is 1. The third-order valence-corrected chi connectivity index (χ3v) is 5.08. The molecule has 0 spiro atoms. The molecule has 0 saturated carbocycles. The third kappa shape index (κ3) is 2.25. The van der Waals surface area contributed by atoms with Crippen LogP contribution in [0.3, 0.4) is 0 Å². The number of fused-ring (bicyclic) bond motifs is 3. The van der Waals surface area contributed by atoms with Gasteiger partial charge in [0.15, 0.2) is 5.78 Å². The second-order valence-electron chi connectivity index (χ2n) is 6.19.